The molecule has 3 rings (SSSR count). The highest BCUT2D eigenvalue weighted by atomic mass is 32.2. The Morgan fingerprint density at radius 1 is 1.23 bits per heavy atom. The zero-order valence-corrected chi connectivity index (χ0v) is 17.3. The fraction of sp³-hybridized carbons (Fsp3) is 0.882. The third-order valence-corrected chi connectivity index (χ3v) is 7.13. The molecule has 3 aliphatic rings. The van der Waals surface area contributed by atoms with Crippen LogP contribution in [0.4, 0.5) is 17.6 Å². The molecule has 14 heteroatoms. The number of hydrogen-bond acceptors (Lipinski definition) is 8. The van der Waals surface area contributed by atoms with Crippen LogP contribution in [0.5, 0.6) is 0 Å². The van der Waals surface area contributed by atoms with Gasteiger partial charge in [-0.15, -0.1) is 0 Å². The number of hydrogen-bond donors (Lipinski definition) is 2. The molecule has 2 bridgehead atoms. The number of rotatable bonds is 9. The van der Waals surface area contributed by atoms with E-state index in [1.165, 1.54) is 0 Å². The molecule has 6 unspecified atom stereocenters. The lowest BCUT2D eigenvalue weighted by atomic mass is 9.71. The molecule has 0 aromatic carbocycles. The number of esters is 2. The number of carbonyl (C=O) groups excluding carboxylic acids is 2. The van der Waals surface area contributed by atoms with E-state index in [2.05, 4.69) is 4.74 Å². The van der Waals surface area contributed by atoms with Gasteiger partial charge in [0.1, 0.15) is 12.7 Å². The molecule has 0 aromatic heterocycles. The summed E-state index contributed by atoms with van der Waals surface area (Å²) in [6.45, 7) is 1.08. The maximum atomic E-state index is 13.4. The minimum absolute atomic E-state index is 0.184. The van der Waals surface area contributed by atoms with Crippen LogP contribution in [0.2, 0.25) is 0 Å². The number of fused-ring (bicyclic) bond motifs is 1. The van der Waals surface area contributed by atoms with Crippen molar-refractivity contribution in [3.63, 3.8) is 0 Å². The minimum Gasteiger partial charge on any atom is -0.464 e. The summed E-state index contributed by atoms with van der Waals surface area (Å²) >= 11 is 0. The molecular formula is C17H22F4O9S. The molecule has 6 atom stereocenters. The van der Waals surface area contributed by atoms with Gasteiger partial charge in [0, 0.05) is 11.8 Å². The third kappa shape index (κ3) is 4.02. The molecule has 3 fully saturated rings. The molecule has 2 saturated carbocycles. The molecule has 31 heavy (non-hydrogen) atoms. The lowest BCUT2D eigenvalue weighted by Crippen LogP contribution is -2.48. The van der Waals surface area contributed by atoms with E-state index < -0.39 is 82.5 Å². The smallest absolute Gasteiger partial charge is 0.431 e. The Bertz CT molecular complexity index is 854. The first-order valence-corrected chi connectivity index (χ1v) is 10.9. The summed E-state index contributed by atoms with van der Waals surface area (Å²) in [5.74, 6) is -8.25. The summed E-state index contributed by atoms with van der Waals surface area (Å²) in [6, 6.07) is 0. The fourth-order valence-corrected chi connectivity index (χ4v) is 5.49. The Hall–Kier alpha value is -1.51. The van der Waals surface area contributed by atoms with Crippen molar-refractivity contribution < 1.29 is 59.4 Å². The Labute approximate surface area is 174 Å². The van der Waals surface area contributed by atoms with Gasteiger partial charge in [0.2, 0.25) is 0 Å². The number of halogens is 4. The van der Waals surface area contributed by atoms with Crippen LogP contribution in [0.1, 0.15) is 26.7 Å². The first-order valence-electron chi connectivity index (χ1n) is 9.42. The molecular weight excluding hydrogens is 456 g/mol. The summed E-state index contributed by atoms with van der Waals surface area (Å²) in [4.78, 5) is 23.9. The summed E-state index contributed by atoms with van der Waals surface area (Å²) in [6.07, 6.45) is -2.68. The number of ether oxygens (including phenoxy) is 3. The molecule has 1 heterocycles. The topological polar surface area (TPSA) is 136 Å². The van der Waals surface area contributed by atoms with Crippen LogP contribution in [0.3, 0.4) is 0 Å². The maximum absolute atomic E-state index is 13.4. The van der Waals surface area contributed by atoms with E-state index in [1.54, 1.807) is 13.8 Å². The molecule has 1 aliphatic heterocycles. The second kappa shape index (κ2) is 7.52. The van der Waals surface area contributed by atoms with Crippen molar-refractivity contribution in [1.82, 2.24) is 0 Å². The standard InChI is InChI=1S/C17H22F4O9S/c1-15(2,24)11-8-5-7-10(11)14(23)30-13(7)12(8)29-6-9(22)28-4-3-16(18,19)17(20,21)31(25,26)27/h7-8,10-13,24H,3-6H2,1-2H3,(H,25,26,27). The van der Waals surface area contributed by atoms with Gasteiger partial charge in [-0.2, -0.15) is 26.0 Å². The van der Waals surface area contributed by atoms with Crippen molar-refractivity contribution in [2.24, 2.45) is 23.7 Å². The largest absolute Gasteiger partial charge is 0.464 e. The first-order chi connectivity index (χ1) is 14.0. The molecule has 0 radical (unpaired) electrons. The second-order valence-corrected chi connectivity index (χ2v) is 10.1. The summed E-state index contributed by atoms with van der Waals surface area (Å²) in [5.41, 5.74) is -1.22. The van der Waals surface area contributed by atoms with Crippen LogP contribution in [-0.4, -0.2) is 72.2 Å². The number of aliphatic hydroxyl groups is 1. The quantitative estimate of drug-likeness (QED) is 0.283. The fourth-order valence-electron chi connectivity index (χ4n) is 5.01. The average molecular weight is 478 g/mol. The number of alkyl halides is 4. The van der Waals surface area contributed by atoms with Crippen molar-refractivity contribution in [2.45, 2.75) is 55.7 Å². The van der Waals surface area contributed by atoms with Gasteiger partial charge < -0.3 is 19.3 Å². The molecule has 178 valence electrons. The Kier molecular flexibility index (Phi) is 5.86. The predicted molar refractivity (Wildman–Crippen MR) is 91.5 cm³/mol. The van der Waals surface area contributed by atoms with Gasteiger partial charge in [-0.05, 0) is 26.2 Å². The first kappa shape index (κ1) is 24.1. The van der Waals surface area contributed by atoms with Crippen LogP contribution >= 0.6 is 0 Å². The van der Waals surface area contributed by atoms with E-state index in [0.717, 1.165) is 0 Å². The third-order valence-electron chi connectivity index (χ3n) is 6.18. The van der Waals surface area contributed by atoms with Crippen molar-refractivity contribution in [2.75, 3.05) is 13.2 Å². The van der Waals surface area contributed by atoms with Crippen molar-refractivity contribution in [3.8, 4) is 0 Å². The maximum Gasteiger partial charge on any atom is 0.431 e. The van der Waals surface area contributed by atoms with Crippen LogP contribution in [0, 0.1) is 23.7 Å². The highest BCUT2D eigenvalue weighted by Gasteiger charge is 2.69. The van der Waals surface area contributed by atoms with Crippen LogP contribution in [-0.2, 0) is 33.9 Å². The van der Waals surface area contributed by atoms with E-state index in [1.807, 2.05) is 0 Å². The Morgan fingerprint density at radius 2 is 1.84 bits per heavy atom. The van der Waals surface area contributed by atoms with Crippen LogP contribution in [0.25, 0.3) is 0 Å². The SMILES string of the molecule is CC(C)(O)C1C2CC3C(OC(=O)C31)C2OCC(=O)OCCC(F)(F)C(F)(F)S(=O)(=O)O. The normalized spacial score (nSPS) is 33.0. The van der Waals surface area contributed by atoms with Crippen LogP contribution in [0.15, 0.2) is 0 Å². The van der Waals surface area contributed by atoms with Crippen LogP contribution < -0.4 is 0 Å². The predicted octanol–water partition coefficient (Wildman–Crippen LogP) is 0.999. The van der Waals surface area contributed by atoms with E-state index in [4.69, 9.17) is 14.0 Å². The monoisotopic (exact) mass is 478 g/mol. The van der Waals surface area contributed by atoms with Gasteiger partial charge >= 0.3 is 33.2 Å². The van der Waals surface area contributed by atoms with E-state index >= 15 is 0 Å². The average Bonchev–Trinajstić information content (AvgIpc) is 3.20. The Balaban J connectivity index is 1.53. The summed E-state index contributed by atoms with van der Waals surface area (Å²) < 4.78 is 97.3. The highest BCUT2D eigenvalue weighted by molar-refractivity contribution is 7.87. The van der Waals surface area contributed by atoms with Gasteiger partial charge in [-0.25, -0.2) is 4.79 Å². The van der Waals surface area contributed by atoms with Crippen molar-refractivity contribution >= 4 is 22.1 Å². The lowest BCUT2D eigenvalue weighted by Gasteiger charge is -2.38. The van der Waals surface area contributed by atoms with Gasteiger partial charge in [-0.1, -0.05) is 0 Å². The van der Waals surface area contributed by atoms with Crippen molar-refractivity contribution in [1.29, 1.82) is 0 Å². The molecule has 2 aliphatic carbocycles. The van der Waals surface area contributed by atoms with E-state index in [0.29, 0.717) is 6.42 Å². The molecule has 0 aromatic rings. The molecule has 0 spiro atoms. The molecule has 9 nitrogen and oxygen atoms in total. The van der Waals surface area contributed by atoms with Gasteiger partial charge in [0.05, 0.1) is 30.7 Å². The molecule has 2 N–H and O–H groups in total. The lowest BCUT2D eigenvalue weighted by molar-refractivity contribution is -0.178. The van der Waals surface area contributed by atoms with Gasteiger partial charge in [0.25, 0.3) is 0 Å². The van der Waals surface area contributed by atoms with Crippen molar-refractivity contribution in [3.05, 3.63) is 0 Å². The Morgan fingerprint density at radius 3 is 2.39 bits per heavy atom. The van der Waals surface area contributed by atoms with E-state index in [9.17, 15) is 40.7 Å². The van der Waals surface area contributed by atoms with E-state index in [-0.39, 0.29) is 11.8 Å². The van der Waals surface area contributed by atoms with Gasteiger partial charge in [-0.3, -0.25) is 9.35 Å². The number of carbonyl (C=O) groups is 2. The molecule has 0 amide bonds. The minimum atomic E-state index is -6.37. The van der Waals surface area contributed by atoms with Gasteiger partial charge in [0.15, 0.2) is 0 Å². The zero-order valence-electron chi connectivity index (χ0n) is 16.5. The molecule has 1 saturated heterocycles. The highest BCUT2D eigenvalue weighted by Crippen LogP contribution is 2.61. The summed E-state index contributed by atoms with van der Waals surface area (Å²) in [7, 11) is -6.37. The zero-order chi connectivity index (χ0) is 23.6. The second-order valence-electron chi connectivity index (χ2n) is 8.61. The summed E-state index contributed by atoms with van der Waals surface area (Å²) in [5, 5.41) is 4.69.